The first kappa shape index (κ1) is 19.8. The van der Waals surface area contributed by atoms with Crippen LogP contribution in [0.1, 0.15) is 39.1 Å². The first-order valence-corrected chi connectivity index (χ1v) is 11.0. The van der Waals surface area contributed by atoms with Gasteiger partial charge in [0.05, 0.1) is 29.2 Å². The van der Waals surface area contributed by atoms with Gasteiger partial charge in [-0.1, -0.05) is 11.8 Å². The van der Waals surface area contributed by atoms with Gasteiger partial charge in [-0.25, -0.2) is 15.0 Å². The van der Waals surface area contributed by atoms with Crippen LogP contribution in [0.4, 0.5) is 0 Å². The maximum Gasteiger partial charge on any atom is 0.226 e. The average molecular weight is 429 g/mol. The number of ketones is 1. The second-order valence-electron chi connectivity index (χ2n) is 6.93. The van der Waals surface area contributed by atoms with E-state index in [-0.39, 0.29) is 23.4 Å². The number of aryl methyl sites for hydroxylation is 1. The fourth-order valence-electron chi connectivity index (χ4n) is 3.20. The van der Waals surface area contributed by atoms with Crippen molar-refractivity contribution in [3.8, 4) is 5.88 Å². The number of hydrogen-bond donors (Lipinski definition) is 1. The highest BCUT2D eigenvalue weighted by atomic mass is 32.2. The van der Waals surface area contributed by atoms with E-state index in [1.807, 2.05) is 19.1 Å². The van der Waals surface area contributed by atoms with Crippen molar-refractivity contribution in [2.24, 2.45) is 11.7 Å². The molecule has 0 aromatic carbocycles. The Bertz CT molecular complexity index is 1090. The number of methoxy groups -OCH3 is 1. The zero-order chi connectivity index (χ0) is 20.5. The second-order valence-corrected chi connectivity index (χ2v) is 9.01. The van der Waals surface area contributed by atoms with Crippen molar-refractivity contribution in [3.63, 3.8) is 0 Å². The van der Waals surface area contributed by atoms with E-state index < -0.39 is 0 Å². The molecule has 1 atom stereocenters. The number of aromatic nitrogens is 3. The van der Waals surface area contributed by atoms with Gasteiger partial charge in [0.25, 0.3) is 0 Å². The lowest BCUT2D eigenvalue weighted by molar-refractivity contribution is -0.119. The van der Waals surface area contributed by atoms with Gasteiger partial charge in [0.15, 0.2) is 5.78 Å². The van der Waals surface area contributed by atoms with Crippen molar-refractivity contribution in [3.05, 3.63) is 39.8 Å². The molecule has 3 aromatic rings. The number of primary amides is 1. The van der Waals surface area contributed by atoms with Crippen molar-refractivity contribution >= 4 is 45.8 Å². The van der Waals surface area contributed by atoms with Crippen LogP contribution >= 0.6 is 23.1 Å². The van der Waals surface area contributed by atoms with Gasteiger partial charge in [-0.3, -0.25) is 9.59 Å². The quantitative estimate of drug-likeness (QED) is 0.333. The molecule has 1 fully saturated rings. The van der Waals surface area contributed by atoms with Gasteiger partial charge in [-0.2, -0.15) is 0 Å². The number of rotatable bonds is 8. The summed E-state index contributed by atoms with van der Waals surface area (Å²) in [7, 11) is 1.55. The normalized spacial score (nSPS) is 14.7. The summed E-state index contributed by atoms with van der Waals surface area (Å²) < 4.78 is 5.19. The molecule has 1 aliphatic carbocycles. The Hall–Kier alpha value is -2.52. The highest BCUT2D eigenvalue weighted by Gasteiger charge is 2.37. The van der Waals surface area contributed by atoms with Gasteiger partial charge in [0.2, 0.25) is 11.8 Å². The molecule has 3 heterocycles. The number of ether oxygens (including phenoxy) is 1. The summed E-state index contributed by atoms with van der Waals surface area (Å²) in [5, 5.41) is 0.643. The van der Waals surface area contributed by atoms with E-state index in [1.54, 1.807) is 19.2 Å². The van der Waals surface area contributed by atoms with Crippen molar-refractivity contribution in [2.75, 3.05) is 12.9 Å². The van der Waals surface area contributed by atoms with Gasteiger partial charge in [0, 0.05) is 10.9 Å². The summed E-state index contributed by atoms with van der Waals surface area (Å²) in [5.74, 6) is 1.02. The number of carbonyl (C=O) groups is 2. The van der Waals surface area contributed by atoms with Crippen molar-refractivity contribution in [2.45, 2.75) is 30.7 Å². The standard InChI is InChI=1S/C20H20N4O3S2/c1-10-22-12-5-8-16(27-2)24-18(12)20(23-10)28-9-13(25)14-6-7-15(29-14)17(19(21)26)11-3-4-11/h5-8,11,17H,3-4,9H2,1-2H3,(H2,21,26). The molecule has 9 heteroatoms. The predicted molar refractivity (Wildman–Crippen MR) is 113 cm³/mol. The van der Waals surface area contributed by atoms with Crippen LogP contribution in [-0.4, -0.2) is 39.5 Å². The molecule has 7 nitrogen and oxygen atoms in total. The number of Topliss-reactive ketones (excluding diaryl/α,β-unsaturated/α-hetero) is 1. The van der Waals surface area contributed by atoms with E-state index in [2.05, 4.69) is 15.0 Å². The minimum Gasteiger partial charge on any atom is -0.481 e. The smallest absolute Gasteiger partial charge is 0.226 e. The molecule has 0 aliphatic heterocycles. The first-order valence-electron chi connectivity index (χ1n) is 9.20. The molecular weight excluding hydrogens is 408 g/mol. The van der Waals surface area contributed by atoms with Crippen LogP contribution in [0, 0.1) is 12.8 Å². The summed E-state index contributed by atoms with van der Waals surface area (Å²) in [4.78, 5) is 39.3. The lowest BCUT2D eigenvalue weighted by atomic mass is 10.0. The molecule has 1 aliphatic rings. The van der Waals surface area contributed by atoms with E-state index in [0.717, 1.165) is 17.7 Å². The summed E-state index contributed by atoms with van der Waals surface area (Å²) in [6.45, 7) is 1.81. The lowest BCUT2D eigenvalue weighted by Gasteiger charge is -2.09. The third-order valence-corrected chi connectivity index (χ3v) is 6.93. The number of carbonyl (C=O) groups excluding carboxylic acids is 2. The Morgan fingerprint density at radius 3 is 2.72 bits per heavy atom. The van der Waals surface area contributed by atoms with Gasteiger partial charge in [-0.05, 0) is 43.9 Å². The van der Waals surface area contributed by atoms with Crippen LogP contribution < -0.4 is 10.5 Å². The van der Waals surface area contributed by atoms with Crippen molar-refractivity contribution in [1.82, 2.24) is 15.0 Å². The number of pyridine rings is 1. The summed E-state index contributed by atoms with van der Waals surface area (Å²) in [5.41, 5.74) is 6.89. The van der Waals surface area contributed by atoms with Crippen molar-refractivity contribution in [1.29, 1.82) is 0 Å². The largest absolute Gasteiger partial charge is 0.481 e. The Morgan fingerprint density at radius 2 is 2.03 bits per heavy atom. The van der Waals surface area contributed by atoms with Crippen LogP contribution in [0.5, 0.6) is 5.88 Å². The fraction of sp³-hybridized carbons (Fsp3) is 0.350. The third kappa shape index (κ3) is 4.25. The highest BCUT2D eigenvalue weighted by Crippen LogP contribution is 2.44. The number of nitrogens with two attached hydrogens (primary N) is 1. The third-order valence-electron chi connectivity index (χ3n) is 4.75. The molecule has 150 valence electrons. The number of amides is 1. The number of thiophene rings is 1. The molecule has 1 saturated carbocycles. The molecule has 2 N–H and O–H groups in total. The number of nitrogens with zero attached hydrogens (tertiary/aromatic N) is 3. The molecule has 0 bridgehead atoms. The first-order chi connectivity index (χ1) is 14.0. The number of thioether (sulfide) groups is 1. The van der Waals surface area contributed by atoms with E-state index in [4.69, 9.17) is 10.5 Å². The Morgan fingerprint density at radius 1 is 1.24 bits per heavy atom. The zero-order valence-corrected chi connectivity index (χ0v) is 17.7. The highest BCUT2D eigenvalue weighted by molar-refractivity contribution is 8.00. The number of hydrogen-bond acceptors (Lipinski definition) is 8. The molecule has 0 saturated heterocycles. The molecule has 3 aromatic heterocycles. The molecule has 0 spiro atoms. The maximum atomic E-state index is 12.7. The molecule has 29 heavy (non-hydrogen) atoms. The van der Waals surface area contributed by atoms with Crippen LogP contribution in [0.2, 0.25) is 0 Å². The van der Waals surface area contributed by atoms with Crippen LogP contribution in [0.15, 0.2) is 29.3 Å². The minimum atomic E-state index is -0.314. The molecule has 4 rings (SSSR count). The summed E-state index contributed by atoms with van der Waals surface area (Å²) in [6, 6.07) is 7.21. The average Bonchev–Trinajstić information content (AvgIpc) is 3.40. The van der Waals surface area contributed by atoms with Gasteiger partial charge in [0.1, 0.15) is 16.4 Å². The topological polar surface area (TPSA) is 108 Å². The van der Waals surface area contributed by atoms with Gasteiger partial charge < -0.3 is 10.5 Å². The van der Waals surface area contributed by atoms with Crippen LogP contribution in [0.3, 0.4) is 0 Å². The second kappa shape index (κ2) is 8.08. The zero-order valence-electron chi connectivity index (χ0n) is 16.0. The van der Waals surface area contributed by atoms with E-state index in [9.17, 15) is 9.59 Å². The Labute approximate surface area is 176 Å². The fourth-order valence-corrected chi connectivity index (χ4v) is 5.35. The molecular formula is C20H20N4O3S2. The monoisotopic (exact) mass is 428 g/mol. The SMILES string of the molecule is COc1ccc2nc(C)nc(SCC(=O)c3ccc(C(C(N)=O)C4CC4)s3)c2n1. The van der Waals surface area contributed by atoms with Gasteiger partial charge in [-0.15, -0.1) is 11.3 Å². The molecule has 0 radical (unpaired) electrons. The predicted octanol–water partition coefficient (Wildman–Crippen LogP) is 3.36. The van der Waals surface area contributed by atoms with Crippen LogP contribution in [-0.2, 0) is 4.79 Å². The Kier molecular flexibility index (Phi) is 5.51. The Balaban J connectivity index is 1.52. The maximum absolute atomic E-state index is 12.7. The number of fused-ring (bicyclic) bond motifs is 1. The molecule has 1 unspecified atom stereocenters. The van der Waals surface area contributed by atoms with E-state index in [0.29, 0.717) is 38.6 Å². The van der Waals surface area contributed by atoms with Crippen molar-refractivity contribution < 1.29 is 14.3 Å². The minimum absolute atomic E-state index is 0.0161. The summed E-state index contributed by atoms with van der Waals surface area (Å²) in [6.07, 6.45) is 2.03. The van der Waals surface area contributed by atoms with E-state index in [1.165, 1.54) is 23.1 Å². The molecule has 1 amide bonds. The van der Waals surface area contributed by atoms with E-state index >= 15 is 0 Å². The lowest BCUT2D eigenvalue weighted by Crippen LogP contribution is -2.22. The van der Waals surface area contributed by atoms with Crippen LogP contribution in [0.25, 0.3) is 11.0 Å². The summed E-state index contributed by atoms with van der Waals surface area (Å²) >= 11 is 2.69. The van der Waals surface area contributed by atoms with Gasteiger partial charge >= 0.3 is 0 Å².